The maximum atomic E-state index is 12.4. The molecule has 4 nitrogen and oxygen atoms in total. The summed E-state index contributed by atoms with van der Waals surface area (Å²) in [6, 6.07) is 4.77. The molecule has 0 bridgehead atoms. The number of hydrogen-bond acceptors (Lipinski definition) is 3. The molecule has 0 saturated carbocycles. The Kier molecular flexibility index (Phi) is 4.34. The third kappa shape index (κ3) is 3.03. The van der Waals surface area contributed by atoms with Gasteiger partial charge in [-0.1, -0.05) is 22.9 Å². The number of hydrogen-bond donors (Lipinski definition) is 1. The lowest BCUT2D eigenvalue weighted by molar-refractivity contribution is 0.0687. The molecule has 1 N–H and O–H groups in total. The van der Waals surface area contributed by atoms with Gasteiger partial charge in [0.05, 0.1) is 12.7 Å². The van der Waals surface area contributed by atoms with Crippen molar-refractivity contribution in [1.29, 1.82) is 0 Å². The average molecular weight is 328 g/mol. The second kappa shape index (κ2) is 5.82. The zero-order valence-electron chi connectivity index (χ0n) is 11.1. The summed E-state index contributed by atoms with van der Waals surface area (Å²) in [4.78, 5) is 14.6. The van der Waals surface area contributed by atoms with Crippen LogP contribution in [0.2, 0.25) is 0 Å². The number of nitrogens with zero attached hydrogens (tertiary/aromatic N) is 1. The van der Waals surface area contributed by atoms with Crippen LogP contribution in [0, 0.1) is 5.92 Å². The van der Waals surface area contributed by atoms with Gasteiger partial charge in [0.2, 0.25) is 0 Å². The minimum atomic E-state index is -0.119. The van der Waals surface area contributed by atoms with Gasteiger partial charge in [-0.05, 0) is 24.5 Å². The zero-order chi connectivity index (χ0) is 14.0. The molecule has 1 saturated heterocycles. The van der Waals surface area contributed by atoms with Gasteiger partial charge in [-0.15, -0.1) is 0 Å². The van der Waals surface area contributed by atoms with Gasteiger partial charge in [0.15, 0.2) is 0 Å². The van der Waals surface area contributed by atoms with Crippen LogP contribution in [0.1, 0.15) is 23.7 Å². The second-order valence-corrected chi connectivity index (χ2v) is 6.09. The van der Waals surface area contributed by atoms with Gasteiger partial charge in [-0.2, -0.15) is 0 Å². The smallest absolute Gasteiger partial charge is 0.257 e. The minimum Gasteiger partial charge on any atom is -0.507 e. The van der Waals surface area contributed by atoms with Crippen LogP contribution < -0.4 is 4.74 Å². The molecule has 0 aliphatic carbocycles. The van der Waals surface area contributed by atoms with Crippen LogP contribution in [0.5, 0.6) is 11.5 Å². The van der Waals surface area contributed by atoms with E-state index < -0.39 is 0 Å². The number of amides is 1. The van der Waals surface area contributed by atoms with E-state index in [1.54, 1.807) is 17.0 Å². The standard InChI is InChI=1S/C14H18BrNO3/c1-9-8-16(6-5-12(9)15)14(18)11-4-3-10(19-2)7-13(11)17/h3-4,7,9,12,17H,5-6,8H2,1-2H3. The Hall–Kier alpha value is -1.23. The SMILES string of the molecule is COc1ccc(C(=O)N2CCC(Br)C(C)C2)c(O)c1. The molecule has 1 aliphatic rings. The minimum absolute atomic E-state index is 0.0297. The summed E-state index contributed by atoms with van der Waals surface area (Å²) in [5.74, 6) is 0.809. The molecule has 2 unspecified atom stereocenters. The Balaban J connectivity index is 2.16. The number of carbonyl (C=O) groups is 1. The first-order valence-electron chi connectivity index (χ1n) is 6.33. The number of halogens is 1. The molecular formula is C14H18BrNO3. The van der Waals surface area contributed by atoms with Gasteiger partial charge in [0.25, 0.3) is 5.91 Å². The van der Waals surface area contributed by atoms with E-state index in [2.05, 4.69) is 22.9 Å². The van der Waals surface area contributed by atoms with Gasteiger partial charge >= 0.3 is 0 Å². The number of benzene rings is 1. The fourth-order valence-electron chi connectivity index (χ4n) is 2.29. The van der Waals surface area contributed by atoms with Crippen molar-refractivity contribution in [2.45, 2.75) is 18.2 Å². The molecule has 1 aliphatic heterocycles. The van der Waals surface area contributed by atoms with Crippen LogP contribution in [0.25, 0.3) is 0 Å². The molecular weight excluding hydrogens is 310 g/mol. The number of carbonyl (C=O) groups excluding carboxylic acids is 1. The first kappa shape index (κ1) is 14.2. The predicted octanol–water partition coefficient (Wildman–Crippen LogP) is 2.65. The quantitative estimate of drug-likeness (QED) is 0.849. The van der Waals surface area contributed by atoms with Crippen molar-refractivity contribution in [3.63, 3.8) is 0 Å². The predicted molar refractivity (Wildman–Crippen MR) is 77.1 cm³/mol. The topological polar surface area (TPSA) is 49.8 Å². The van der Waals surface area contributed by atoms with Gasteiger partial charge in [0.1, 0.15) is 11.5 Å². The molecule has 1 aromatic carbocycles. The van der Waals surface area contributed by atoms with Crippen molar-refractivity contribution in [2.75, 3.05) is 20.2 Å². The molecule has 0 aromatic heterocycles. The van der Waals surface area contributed by atoms with E-state index >= 15 is 0 Å². The lowest BCUT2D eigenvalue weighted by Crippen LogP contribution is -2.43. The van der Waals surface area contributed by atoms with Gasteiger partial charge < -0.3 is 14.7 Å². The Morgan fingerprint density at radius 2 is 2.26 bits per heavy atom. The number of phenolic OH excluding ortho intramolecular Hbond substituents is 1. The van der Waals surface area contributed by atoms with Crippen molar-refractivity contribution in [2.24, 2.45) is 5.92 Å². The van der Waals surface area contributed by atoms with Crippen LogP contribution in [-0.4, -0.2) is 40.9 Å². The Morgan fingerprint density at radius 3 is 2.84 bits per heavy atom. The summed E-state index contributed by atoms with van der Waals surface area (Å²) >= 11 is 3.62. The normalized spacial score (nSPS) is 23.2. The fraction of sp³-hybridized carbons (Fsp3) is 0.500. The van der Waals surface area contributed by atoms with Gasteiger partial charge in [-0.3, -0.25) is 4.79 Å². The van der Waals surface area contributed by atoms with E-state index in [4.69, 9.17) is 4.74 Å². The molecule has 2 rings (SSSR count). The molecule has 0 spiro atoms. The highest BCUT2D eigenvalue weighted by Gasteiger charge is 2.28. The van der Waals surface area contributed by atoms with E-state index in [0.717, 1.165) is 6.42 Å². The number of alkyl halides is 1. The third-order valence-electron chi connectivity index (χ3n) is 3.52. The summed E-state index contributed by atoms with van der Waals surface area (Å²) in [6.07, 6.45) is 0.934. The first-order chi connectivity index (χ1) is 9.02. The van der Waals surface area contributed by atoms with Crippen molar-refractivity contribution < 1.29 is 14.6 Å². The molecule has 0 radical (unpaired) electrons. The molecule has 104 valence electrons. The number of ether oxygens (including phenoxy) is 1. The third-order valence-corrected chi connectivity index (χ3v) is 4.88. The van der Waals surface area contributed by atoms with Gasteiger partial charge in [0, 0.05) is 24.0 Å². The molecule has 1 aromatic rings. The van der Waals surface area contributed by atoms with E-state index in [9.17, 15) is 9.90 Å². The van der Waals surface area contributed by atoms with Crippen LogP contribution in [-0.2, 0) is 0 Å². The monoisotopic (exact) mass is 327 g/mol. The lowest BCUT2D eigenvalue weighted by atomic mass is 9.99. The molecule has 1 amide bonds. The lowest BCUT2D eigenvalue weighted by Gasteiger charge is -2.34. The largest absolute Gasteiger partial charge is 0.507 e. The second-order valence-electron chi connectivity index (χ2n) is 4.92. The number of aromatic hydroxyl groups is 1. The maximum absolute atomic E-state index is 12.4. The summed E-state index contributed by atoms with van der Waals surface area (Å²) in [6.45, 7) is 3.54. The number of phenols is 1. The molecule has 1 fully saturated rings. The molecule has 5 heteroatoms. The Labute approximate surface area is 121 Å². The van der Waals surface area contributed by atoms with Crippen LogP contribution >= 0.6 is 15.9 Å². The summed E-state index contributed by atoms with van der Waals surface area (Å²) in [7, 11) is 1.53. The van der Waals surface area contributed by atoms with Crippen molar-refractivity contribution in [3.05, 3.63) is 23.8 Å². The van der Waals surface area contributed by atoms with E-state index in [1.165, 1.54) is 13.2 Å². The van der Waals surface area contributed by atoms with E-state index in [0.29, 0.717) is 35.1 Å². The Bertz CT molecular complexity index is 478. The first-order valence-corrected chi connectivity index (χ1v) is 7.25. The van der Waals surface area contributed by atoms with E-state index in [-0.39, 0.29) is 11.7 Å². The molecule has 1 heterocycles. The Morgan fingerprint density at radius 1 is 1.53 bits per heavy atom. The van der Waals surface area contributed by atoms with Crippen molar-refractivity contribution in [1.82, 2.24) is 4.90 Å². The summed E-state index contributed by atoms with van der Waals surface area (Å²) in [5.41, 5.74) is 0.334. The highest BCUT2D eigenvalue weighted by molar-refractivity contribution is 9.09. The van der Waals surface area contributed by atoms with Crippen LogP contribution in [0.4, 0.5) is 0 Å². The fourth-order valence-corrected chi connectivity index (χ4v) is 2.66. The molecule has 2 atom stereocenters. The summed E-state index contributed by atoms with van der Waals surface area (Å²) < 4.78 is 5.02. The number of rotatable bonds is 2. The average Bonchev–Trinajstić information content (AvgIpc) is 2.41. The van der Waals surface area contributed by atoms with Crippen LogP contribution in [0.15, 0.2) is 18.2 Å². The van der Waals surface area contributed by atoms with Crippen molar-refractivity contribution >= 4 is 21.8 Å². The zero-order valence-corrected chi connectivity index (χ0v) is 12.7. The maximum Gasteiger partial charge on any atom is 0.257 e. The van der Waals surface area contributed by atoms with Gasteiger partial charge in [-0.25, -0.2) is 0 Å². The van der Waals surface area contributed by atoms with E-state index in [1.807, 2.05) is 0 Å². The molecule has 19 heavy (non-hydrogen) atoms. The van der Waals surface area contributed by atoms with Crippen LogP contribution in [0.3, 0.4) is 0 Å². The summed E-state index contributed by atoms with van der Waals surface area (Å²) in [5, 5.41) is 9.90. The highest BCUT2D eigenvalue weighted by atomic mass is 79.9. The number of methoxy groups -OCH3 is 1. The number of piperidine rings is 1. The van der Waals surface area contributed by atoms with Crippen molar-refractivity contribution in [3.8, 4) is 11.5 Å². The number of likely N-dealkylation sites (tertiary alicyclic amines) is 1. The highest BCUT2D eigenvalue weighted by Crippen LogP contribution is 2.28.